The van der Waals surface area contributed by atoms with E-state index >= 15 is 0 Å². The van der Waals surface area contributed by atoms with Gasteiger partial charge in [0.15, 0.2) is 5.82 Å². The van der Waals surface area contributed by atoms with Gasteiger partial charge in [0.2, 0.25) is 0 Å². The zero-order valence-electron chi connectivity index (χ0n) is 13.2. The van der Waals surface area contributed by atoms with E-state index in [0.29, 0.717) is 24.2 Å². The summed E-state index contributed by atoms with van der Waals surface area (Å²) >= 11 is 0. The molecule has 1 fully saturated rings. The van der Waals surface area contributed by atoms with Gasteiger partial charge in [0, 0.05) is 13.1 Å². The third kappa shape index (κ3) is 3.17. The third-order valence-electron chi connectivity index (χ3n) is 4.53. The number of hydrogen-bond acceptors (Lipinski definition) is 4. The summed E-state index contributed by atoms with van der Waals surface area (Å²) in [6, 6.07) is 0. The first-order valence-corrected chi connectivity index (χ1v) is 7.98. The maximum Gasteiger partial charge on any atom is 0.339 e. The fraction of sp³-hybridized carbons (Fsp3) is 0.688. The second-order valence-corrected chi connectivity index (χ2v) is 5.67. The van der Waals surface area contributed by atoms with Crippen molar-refractivity contribution in [2.24, 2.45) is 5.92 Å². The zero-order chi connectivity index (χ0) is 15.4. The van der Waals surface area contributed by atoms with E-state index in [1.54, 1.807) is 0 Å². The summed E-state index contributed by atoms with van der Waals surface area (Å²) in [6.07, 6.45) is 4.80. The van der Waals surface area contributed by atoms with E-state index in [2.05, 4.69) is 22.0 Å². The van der Waals surface area contributed by atoms with Crippen LogP contribution in [0, 0.1) is 5.92 Å². The molecule has 1 aromatic heterocycles. The zero-order valence-corrected chi connectivity index (χ0v) is 13.2. The summed E-state index contributed by atoms with van der Waals surface area (Å²) in [6.45, 7) is 7.94. The molecule has 1 aliphatic heterocycles. The Labute approximate surface area is 126 Å². The van der Waals surface area contributed by atoms with Crippen molar-refractivity contribution in [3.05, 3.63) is 16.8 Å². The lowest BCUT2D eigenvalue weighted by atomic mass is 9.94. The second kappa shape index (κ2) is 6.87. The van der Waals surface area contributed by atoms with Gasteiger partial charge in [-0.25, -0.2) is 4.79 Å². The summed E-state index contributed by atoms with van der Waals surface area (Å²) < 4.78 is 0. The van der Waals surface area contributed by atoms with E-state index in [1.165, 1.54) is 6.42 Å². The Morgan fingerprint density at radius 2 is 1.86 bits per heavy atom. The molecule has 0 aliphatic carbocycles. The minimum atomic E-state index is -0.885. The molecule has 0 saturated carbocycles. The Kier molecular flexibility index (Phi) is 5.15. The highest BCUT2D eigenvalue weighted by molar-refractivity contribution is 5.95. The Bertz CT molecular complexity index is 508. The van der Waals surface area contributed by atoms with Crippen LogP contribution < -0.4 is 4.90 Å². The van der Waals surface area contributed by atoms with Crippen LogP contribution in [0.4, 0.5) is 5.82 Å². The first kappa shape index (κ1) is 15.7. The number of aromatic carboxylic acids is 1. The molecule has 0 aromatic carbocycles. The number of aromatic nitrogens is 2. The molecule has 0 amide bonds. The van der Waals surface area contributed by atoms with Crippen LogP contribution >= 0.6 is 0 Å². The Balaban J connectivity index is 2.37. The fourth-order valence-corrected chi connectivity index (χ4v) is 3.16. The van der Waals surface area contributed by atoms with Gasteiger partial charge in [0.05, 0.1) is 5.69 Å². The van der Waals surface area contributed by atoms with Gasteiger partial charge in [-0.1, -0.05) is 27.2 Å². The first-order valence-electron chi connectivity index (χ1n) is 7.98. The first-order chi connectivity index (χ1) is 10.1. The van der Waals surface area contributed by atoms with E-state index in [1.807, 2.05) is 13.8 Å². The van der Waals surface area contributed by atoms with E-state index in [9.17, 15) is 9.90 Å². The number of piperidine rings is 1. The summed E-state index contributed by atoms with van der Waals surface area (Å²) in [7, 11) is 0. The van der Waals surface area contributed by atoms with Crippen molar-refractivity contribution in [2.75, 3.05) is 18.0 Å². The summed E-state index contributed by atoms with van der Waals surface area (Å²) in [5, 5.41) is 18.2. The number of carboxylic acids is 1. The topological polar surface area (TPSA) is 66.3 Å². The number of carboxylic acid groups (broad SMARTS) is 1. The Morgan fingerprint density at radius 1 is 1.19 bits per heavy atom. The van der Waals surface area contributed by atoms with Crippen LogP contribution in [0.2, 0.25) is 0 Å². The van der Waals surface area contributed by atoms with Gasteiger partial charge in [-0.15, -0.1) is 5.10 Å². The number of rotatable bonds is 5. The second-order valence-electron chi connectivity index (χ2n) is 5.67. The van der Waals surface area contributed by atoms with Crippen molar-refractivity contribution in [2.45, 2.75) is 52.9 Å². The molecule has 0 unspecified atom stereocenters. The molecule has 0 radical (unpaired) electrons. The van der Waals surface area contributed by atoms with Crippen LogP contribution in [0.25, 0.3) is 0 Å². The lowest BCUT2D eigenvalue weighted by Crippen LogP contribution is -2.36. The van der Waals surface area contributed by atoms with Crippen molar-refractivity contribution in [1.29, 1.82) is 0 Å². The predicted molar refractivity (Wildman–Crippen MR) is 83.0 cm³/mol. The van der Waals surface area contributed by atoms with Crippen LogP contribution in [0.15, 0.2) is 0 Å². The highest BCUT2D eigenvalue weighted by atomic mass is 16.4. The van der Waals surface area contributed by atoms with Gasteiger partial charge in [-0.2, -0.15) is 5.10 Å². The maximum absolute atomic E-state index is 11.7. The lowest BCUT2D eigenvalue weighted by molar-refractivity contribution is 0.0695. The monoisotopic (exact) mass is 291 g/mol. The minimum Gasteiger partial charge on any atom is -0.478 e. The average Bonchev–Trinajstić information content (AvgIpc) is 2.53. The largest absolute Gasteiger partial charge is 0.478 e. The van der Waals surface area contributed by atoms with Crippen LogP contribution in [0.3, 0.4) is 0 Å². The summed E-state index contributed by atoms with van der Waals surface area (Å²) in [4.78, 5) is 13.8. The molecule has 2 rings (SSSR count). The predicted octanol–water partition coefficient (Wildman–Crippen LogP) is 2.93. The number of aryl methyl sites for hydroxylation is 1. The number of carbonyl (C=O) groups is 1. The Morgan fingerprint density at radius 3 is 2.33 bits per heavy atom. The van der Waals surface area contributed by atoms with Crippen LogP contribution in [0.1, 0.15) is 61.6 Å². The number of hydrogen-bond donors (Lipinski definition) is 1. The maximum atomic E-state index is 11.7. The highest BCUT2D eigenvalue weighted by Gasteiger charge is 2.26. The molecule has 2 heterocycles. The van der Waals surface area contributed by atoms with E-state index in [-0.39, 0.29) is 0 Å². The van der Waals surface area contributed by atoms with E-state index in [0.717, 1.165) is 43.1 Å². The molecule has 1 saturated heterocycles. The van der Waals surface area contributed by atoms with Crippen LogP contribution in [-0.2, 0) is 12.8 Å². The smallest absolute Gasteiger partial charge is 0.339 e. The molecule has 0 bridgehead atoms. The van der Waals surface area contributed by atoms with Crippen molar-refractivity contribution in [3.8, 4) is 0 Å². The van der Waals surface area contributed by atoms with Gasteiger partial charge in [0.25, 0.3) is 0 Å². The third-order valence-corrected chi connectivity index (χ3v) is 4.53. The molecule has 1 aliphatic rings. The molecule has 116 valence electrons. The molecule has 0 spiro atoms. The molecular weight excluding hydrogens is 266 g/mol. The van der Waals surface area contributed by atoms with E-state index in [4.69, 9.17) is 0 Å². The highest BCUT2D eigenvalue weighted by Crippen LogP contribution is 2.28. The van der Waals surface area contributed by atoms with Crippen molar-refractivity contribution in [1.82, 2.24) is 10.2 Å². The standard InChI is InChI=1S/C16H25N3O2/c1-4-11-7-9-19(10-8-11)15-14(16(20)21)12(5-2)13(6-3)17-18-15/h11H,4-10H2,1-3H3,(H,20,21). The van der Waals surface area contributed by atoms with Gasteiger partial charge >= 0.3 is 5.97 Å². The molecular formula is C16H25N3O2. The quantitative estimate of drug-likeness (QED) is 0.903. The Hall–Kier alpha value is -1.65. The van der Waals surface area contributed by atoms with Gasteiger partial charge in [-0.05, 0) is 37.2 Å². The normalized spacial score (nSPS) is 16.2. The van der Waals surface area contributed by atoms with Crippen LogP contribution in [0.5, 0.6) is 0 Å². The summed E-state index contributed by atoms with van der Waals surface area (Å²) in [5.41, 5.74) is 2.01. The lowest BCUT2D eigenvalue weighted by Gasteiger charge is -2.33. The molecule has 21 heavy (non-hydrogen) atoms. The fourth-order valence-electron chi connectivity index (χ4n) is 3.16. The molecule has 0 atom stereocenters. The number of nitrogens with zero attached hydrogens (tertiary/aromatic N) is 3. The molecule has 5 heteroatoms. The molecule has 5 nitrogen and oxygen atoms in total. The van der Waals surface area contributed by atoms with Crippen LogP contribution in [-0.4, -0.2) is 34.4 Å². The van der Waals surface area contributed by atoms with E-state index < -0.39 is 5.97 Å². The van der Waals surface area contributed by atoms with Crippen molar-refractivity contribution < 1.29 is 9.90 Å². The number of anilines is 1. The minimum absolute atomic E-state index is 0.360. The SMILES string of the molecule is CCc1nnc(N2CCC(CC)CC2)c(C(=O)O)c1CC. The summed E-state index contributed by atoms with van der Waals surface area (Å²) in [5.74, 6) is 0.429. The average molecular weight is 291 g/mol. The van der Waals surface area contributed by atoms with Gasteiger partial charge < -0.3 is 10.0 Å². The molecule has 1 aromatic rings. The van der Waals surface area contributed by atoms with Crippen molar-refractivity contribution in [3.63, 3.8) is 0 Å². The molecule has 1 N–H and O–H groups in total. The van der Waals surface area contributed by atoms with Gasteiger partial charge in [0.1, 0.15) is 5.56 Å². The van der Waals surface area contributed by atoms with Gasteiger partial charge in [-0.3, -0.25) is 0 Å². The van der Waals surface area contributed by atoms with Crippen molar-refractivity contribution >= 4 is 11.8 Å².